The van der Waals surface area contributed by atoms with E-state index in [1.54, 1.807) is 18.2 Å². The Hall–Kier alpha value is -0.710. The largest absolute Gasteiger partial charge is 0.492 e. The Labute approximate surface area is 105 Å². The monoisotopic (exact) mass is 280 g/mol. The van der Waals surface area contributed by atoms with Crippen LogP contribution in [0.4, 0.5) is 5.69 Å². The SMILES string of the molecule is C[S+](C)(=O)/C=C(\O)Nc1ccc(Cl)c(Cl)c1. The van der Waals surface area contributed by atoms with E-state index < -0.39 is 9.93 Å². The summed E-state index contributed by atoms with van der Waals surface area (Å²) < 4.78 is 11.4. The molecule has 0 aliphatic carbocycles. The van der Waals surface area contributed by atoms with Gasteiger partial charge in [-0.05, 0) is 18.2 Å². The maximum Gasteiger partial charge on any atom is 0.237 e. The highest BCUT2D eigenvalue weighted by atomic mass is 35.5. The molecule has 1 rings (SSSR count). The molecule has 0 saturated carbocycles. The first-order valence-electron chi connectivity index (χ1n) is 4.35. The molecular formula is C10H12Cl2NO2S+. The van der Waals surface area contributed by atoms with Crippen molar-refractivity contribution in [2.45, 2.75) is 0 Å². The Balaban J connectivity index is 2.85. The predicted octanol–water partition coefficient (Wildman–Crippen LogP) is 3.52. The summed E-state index contributed by atoms with van der Waals surface area (Å²) in [6, 6.07) is 4.83. The number of hydrogen-bond acceptors (Lipinski definition) is 3. The van der Waals surface area contributed by atoms with Crippen LogP contribution >= 0.6 is 23.2 Å². The van der Waals surface area contributed by atoms with Crippen molar-refractivity contribution in [3.8, 4) is 0 Å². The van der Waals surface area contributed by atoms with Gasteiger partial charge >= 0.3 is 0 Å². The first-order valence-corrected chi connectivity index (χ1v) is 7.54. The van der Waals surface area contributed by atoms with Crippen molar-refractivity contribution in [2.75, 3.05) is 17.8 Å². The zero-order chi connectivity index (χ0) is 12.3. The molecule has 16 heavy (non-hydrogen) atoms. The second-order valence-electron chi connectivity index (χ2n) is 3.57. The molecule has 0 fully saturated rings. The van der Waals surface area contributed by atoms with Crippen LogP contribution in [-0.2, 0) is 14.1 Å². The van der Waals surface area contributed by atoms with E-state index in [0.717, 1.165) is 0 Å². The topological polar surface area (TPSA) is 49.3 Å². The van der Waals surface area contributed by atoms with Gasteiger partial charge in [-0.3, -0.25) is 0 Å². The van der Waals surface area contributed by atoms with E-state index in [-0.39, 0.29) is 5.88 Å². The Kier molecular flexibility index (Phi) is 4.24. The van der Waals surface area contributed by atoms with E-state index in [9.17, 15) is 9.32 Å². The number of anilines is 1. The van der Waals surface area contributed by atoms with E-state index in [1.165, 1.54) is 17.9 Å². The average Bonchev–Trinajstić information content (AvgIpc) is 2.08. The molecule has 6 heteroatoms. The summed E-state index contributed by atoms with van der Waals surface area (Å²) >= 11 is 11.5. The van der Waals surface area contributed by atoms with Crippen LogP contribution < -0.4 is 5.32 Å². The number of halogens is 2. The van der Waals surface area contributed by atoms with Crippen LogP contribution in [0.2, 0.25) is 10.0 Å². The molecule has 88 valence electrons. The standard InChI is InChI=1S/C10H11Cl2NO2S/c1-16(2,15)6-10(14)13-7-3-4-8(11)9(12)5-7/h3-6H,1-2H3,(H-,13,14,15)/p+1. The van der Waals surface area contributed by atoms with E-state index in [0.29, 0.717) is 15.7 Å². The van der Waals surface area contributed by atoms with Gasteiger partial charge in [0.1, 0.15) is 22.4 Å². The van der Waals surface area contributed by atoms with Gasteiger partial charge in [-0.2, -0.15) is 0 Å². The lowest BCUT2D eigenvalue weighted by Crippen LogP contribution is -2.06. The first-order chi connectivity index (χ1) is 7.28. The molecule has 1 aromatic carbocycles. The molecule has 0 heterocycles. The molecule has 1 aromatic rings. The molecule has 0 aliphatic heterocycles. The number of hydrogen-bond donors (Lipinski definition) is 2. The summed E-state index contributed by atoms with van der Waals surface area (Å²) in [5.74, 6) is -0.173. The highest BCUT2D eigenvalue weighted by Gasteiger charge is 2.11. The summed E-state index contributed by atoms with van der Waals surface area (Å²) in [6.45, 7) is 0. The van der Waals surface area contributed by atoms with Crippen LogP contribution in [0.3, 0.4) is 0 Å². The summed E-state index contributed by atoms with van der Waals surface area (Å²) in [7, 11) is -2.15. The predicted molar refractivity (Wildman–Crippen MR) is 70.7 cm³/mol. The Morgan fingerprint density at radius 1 is 1.38 bits per heavy atom. The molecular weight excluding hydrogens is 269 g/mol. The lowest BCUT2D eigenvalue weighted by atomic mass is 10.3. The fraction of sp³-hybridized carbons (Fsp3) is 0.200. The normalized spacial score (nSPS) is 12.6. The Morgan fingerprint density at radius 3 is 2.50 bits per heavy atom. The maximum absolute atomic E-state index is 11.4. The van der Waals surface area contributed by atoms with E-state index >= 15 is 0 Å². The number of aliphatic hydroxyl groups is 1. The van der Waals surface area contributed by atoms with E-state index in [4.69, 9.17) is 23.2 Å². The van der Waals surface area contributed by atoms with Crippen LogP contribution in [0.15, 0.2) is 29.5 Å². The van der Waals surface area contributed by atoms with Crippen LogP contribution in [0.1, 0.15) is 0 Å². The van der Waals surface area contributed by atoms with Crippen LogP contribution in [0.5, 0.6) is 0 Å². The van der Waals surface area contributed by atoms with Crippen molar-refractivity contribution in [3.63, 3.8) is 0 Å². The molecule has 0 saturated heterocycles. The smallest absolute Gasteiger partial charge is 0.237 e. The quantitative estimate of drug-likeness (QED) is 0.658. The van der Waals surface area contributed by atoms with Crippen LogP contribution in [0.25, 0.3) is 0 Å². The van der Waals surface area contributed by atoms with Crippen molar-refractivity contribution < 1.29 is 9.32 Å². The lowest BCUT2D eigenvalue weighted by Gasteiger charge is -2.05. The van der Waals surface area contributed by atoms with Crippen LogP contribution in [-0.4, -0.2) is 17.6 Å². The molecule has 0 aromatic heterocycles. The lowest BCUT2D eigenvalue weighted by molar-refractivity contribution is 0.420. The molecule has 0 radical (unpaired) electrons. The second kappa shape index (κ2) is 5.08. The maximum atomic E-state index is 11.4. The second-order valence-corrected chi connectivity index (χ2v) is 7.23. The van der Waals surface area contributed by atoms with Gasteiger partial charge in [-0.25, -0.2) is 0 Å². The minimum Gasteiger partial charge on any atom is -0.492 e. The number of aliphatic hydroxyl groups excluding tert-OH is 1. The average molecular weight is 281 g/mol. The number of nitrogens with one attached hydrogen (secondary N) is 1. The summed E-state index contributed by atoms with van der Waals surface area (Å²) in [6.07, 6.45) is 3.06. The van der Waals surface area contributed by atoms with Gasteiger partial charge in [0, 0.05) is 5.69 Å². The van der Waals surface area contributed by atoms with E-state index in [2.05, 4.69) is 5.32 Å². The van der Waals surface area contributed by atoms with Crippen molar-refractivity contribution in [1.82, 2.24) is 0 Å². The van der Waals surface area contributed by atoms with Crippen LogP contribution in [0, 0.1) is 0 Å². The molecule has 0 atom stereocenters. The molecule has 0 aliphatic rings. The molecule has 2 N–H and O–H groups in total. The highest BCUT2D eigenvalue weighted by molar-refractivity contribution is 8.04. The Morgan fingerprint density at radius 2 is 2.00 bits per heavy atom. The number of rotatable bonds is 3. The summed E-state index contributed by atoms with van der Waals surface area (Å²) in [4.78, 5) is 0. The minimum atomic E-state index is -2.15. The van der Waals surface area contributed by atoms with Crippen molar-refractivity contribution >= 4 is 38.8 Å². The van der Waals surface area contributed by atoms with E-state index in [1.807, 2.05) is 0 Å². The molecule has 0 spiro atoms. The fourth-order valence-corrected chi connectivity index (χ4v) is 1.91. The van der Waals surface area contributed by atoms with Gasteiger partial charge in [0.2, 0.25) is 5.88 Å². The van der Waals surface area contributed by atoms with Gasteiger partial charge in [-0.15, -0.1) is 4.21 Å². The zero-order valence-electron chi connectivity index (χ0n) is 8.83. The van der Waals surface area contributed by atoms with Crippen molar-refractivity contribution in [1.29, 1.82) is 0 Å². The highest BCUT2D eigenvalue weighted by Crippen LogP contribution is 2.25. The number of benzene rings is 1. The third kappa shape index (κ3) is 4.43. The third-order valence-electron chi connectivity index (χ3n) is 1.59. The van der Waals surface area contributed by atoms with Gasteiger partial charge < -0.3 is 10.4 Å². The molecule has 0 unspecified atom stereocenters. The van der Waals surface area contributed by atoms with Gasteiger partial charge in [0.15, 0.2) is 5.41 Å². The third-order valence-corrected chi connectivity index (χ3v) is 3.12. The fourth-order valence-electron chi connectivity index (χ4n) is 1.02. The molecule has 0 bridgehead atoms. The molecule has 3 nitrogen and oxygen atoms in total. The summed E-state index contributed by atoms with van der Waals surface area (Å²) in [5, 5.41) is 14.2. The van der Waals surface area contributed by atoms with Crippen molar-refractivity contribution in [2.24, 2.45) is 0 Å². The zero-order valence-corrected chi connectivity index (χ0v) is 11.2. The first kappa shape index (κ1) is 13.4. The summed E-state index contributed by atoms with van der Waals surface area (Å²) in [5.41, 5.74) is 0.576. The van der Waals surface area contributed by atoms with Gasteiger partial charge in [-0.1, -0.05) is 23.2 Å². The van der Waals surface area contributed by atoms with Crippen molar-refractivity contribution in [3.05, 3.63) is 39.5 Å². The molecule has 0 amide bonds. The van der Waals surface area contributed by atoms with Gasteiger partial charge in [0.05, 0.1) is 10.0 Å². The minimum absolute atomic E-state index is 0.173. The van der Waals surface area contributed by atoms with Gasteiger partial charge in [0.25, 0.3) is 0 Å². The Bertz CT molecular complexity index is 468.